The molecule has 0 aromatic rings. The van der Waals surface area contributed by atoms with Gasteiger partial charge in [-0.15, -0.1) is 0 Å². The topological polar surface area (TPSA) is 36.1 Å². The Morgan fingerprint density at radius 1 is 0.600 bits per heavy atom. The zero-order valence-electron chi connectivity index (χ0n) is 18.1. The molecule has 0 unspecified atom stereocenters. The van der Waals surface area contributed by atoms with Gasteiger partial charge in [-0.1, -0.05) is 60.8 Å². The van der Waals surface area contributed by atoms with E-state index in [0.717, 1.165) is 5.54 Å². The van der Waals surface area contributed by atoms with Crippen LogP contribution in [0.2, 0.25) is 5.54 Å². The molecule has 0 atom stereocenters. The maximum Gasteiger partial charge on any atom is 0.285 e. The molecule has 0 aliphatic heterocycles. The lowest BCUT2D eigenvalue weighted by Gasteiger charge is -2.47. The second-order valence-corrected chi connectivity index (χ2v) is 11.4. The molecule has 0 amide bonds. The summed E-state index contributed by atoms with van der Waals surface area (Å²) in [5.41, 5.74) is 0.822. The fourth-order valence-corrected chi connectivity index (χ4v) is 9.85. The zero-order valence-corrected chi connectivity index (χ0v) is 19.1. The highest BCUT2D eigenvalue weighted by Gasteiger charge is 2.46. The summed E-state index contributed by atoms with van der Waals surface area (Å²) < 4.78 is 0. The summed E-state index contributed by atoms with van der Waals surface area (Å²) >= 11 is 0. The van der Waals surface area contributed by atoms with Gasteiger partial charge < -0.3 is 14.9 Å². The van der Waals surface area contributed by atoms with E-state index in [2.05, 4.69) is 56.5 Å². The van der Waals surface area contributed by atoms with Crippen molar-refractivity contribution in [1.82, 2.24) is 14.9 Å². The van der Waals surface area contributed by atoms with E-state index in [-0.39, 0.29) is 0 Å². The molecule has 3 nitrogen and oxygen atoms in total. The highest BCUT2D eigenvalue weighted by atomic mass is 28.4. The third-order valence-corrected chi connectivity index (χ3v) is 10.9. The Morgan fingerprint density at radius 2 is 0.920 bits per heavy atom. The fraction of sp³-hybridized carbons (Fsp3) is 1.00. The first-order chi connectivity index (χ1) is 12.1. The fourth-order valence-electron chi connectivity index (χ4n) is 4.46. The quantitative estimate of drug-likeness (QED) is 0.370. The lowest BCUT2D eigenvalue weighted by Crippen LogP contribution is -2.79. The van der Waals surface area contributed by atoms with Gasteiger partial charge in [-0.2, -0.15) is 0 Å². The Bertz CT molecular complexity index is 283. The van der Waals surface area contributed by atoms with Gasteiger partial charge in [-0.25, -0.2) is 0 Å². The molecule has 0 bridgehead atoms. The first-order valence-corrected chi connectivity index (χ1v) is 13.5. The summed E-state index contributed by atoms with van der Waals surface area (Å²) in [7, 11) is -1.96. The molecule has 1 rings (SSSR count). The van der Waals surface area contributed by atoms with Crippen molar-refractivity contribution < 1.29 is 0 Å². The number of nitrogens with one attached hydrogen (secondary N) is 3. The van der Waals surface area contributed by atoms with Gasteiger partial charge in [-0.3, -0.25) is 0 Å². The average Bonchev–Trinajstić information content (AvgIpc) is 2.68. The van der Waals surface area contributed by atoms with Gasteiger partial charge in [0.1, 0.15) is 0 Å². The first kappa shape index (κ1) is 23.1. The van der Waals surface area contributed by atoms with Crippen LogP contribution in [0.1, 0.15) is 112 Å². The molecule has 1 aliphatic carbocycles. The molecule has 1 aliphatic rings. The first-order valence-electron chi connectivity index (χ1n) is 11.4. The van der Waals surface area contributed by atoms with E-state index in [1.807, 2.05) is 0 Å². The van der Waals surface area contributed by atoms with Gasteiger partial charge in [0.25, 0.3) is 8.56 Å². The molecule has 0 heterocycles. The largest absolute Gasteiger partial charge is 0.310 e. The third-order valence-electron chi connectivity index (χ3n) is 6.47. The van der Waals surface area contributed by atoms with Crippen molar-refractivity contribution >= 4 is 8.56 Å². The Morgan fingerprint density at radius 3 is 1.20 bits per heavy atom. The summed E-state index contributed by atoms with van der Waals surface area (Å²) in [6.45, 7) is 14.1. The standard InChI is InChI=1S/C21H47N3Si/c1-7-18(8-2)22-25(23-19(9-3)10-4,24-20(11-5)12-6)21-16-14-13-15-17-21/h18-24H,7-17H2,1-6H3. The van der Waals surface area contributed by atoms with Crippen molar-refractivity contribution in [2.75, 3.05) is 0 Å². The van der Waals surface area contributed by atoms with Crippen molar-refractivity contribution in [2.45, 2.75) is 136 Å². The average molecular weight is 370 g/mol. The molecule has 4 heteroatoms. The van der Waals surface area contributed by atoms with E-state index in [4.69, 9.17) is 0 Å². The summed E-state index contributed by atoms with van der Waals surface area (Å²) in [5, 5.41) is 0. The van der Waals surface area contributed by atoms with Gasteiger partial charge in [0.15, 0.2) is 0 Å². The lowest BCUT2D eigenvalue weighted by molar-refractivity contribution is 0.420. The molecule has 0 saturated heterocycles. The van der Waals surface area contributed by atoms with Crippen LogP contribution in [-0.4, -0.2) is 26.7 Å². The SMILES string of the molecule is CCC(CC)N[Si](NC(CC)CC)(NC(CC)CC)C1CCCCC1. The van der Waals surface area contributed by atoms with Gasteiger partial charge in [0.2, 0.25) is 0 Å². The predicted molar refractivity (Wildman–Crippen MR) is 115 cm³/mol. The van der Waals surface area contributed by atoms with Gasteiger partial charge in [-0.05, 0) is 56.9 Å². The molecule has 3 N–H and O–H groups in total. The van der Waals surface area contributed by atoms with Gasteiger partial charge >= 0.3 is 0 Å². The monoisotopic (exact) mass is 369 g/mol. The van der Waals surface area contributed by atoms with Gasteiger partial charge in [0, 0.05) is 18.1 Å². The molecular formula is C21H47N3Si. The van der Waals surface area contributed by atoms with Crippen LogP contribution in [0.25, 0.3) is 0 Å². The number of hydrogen-bond acceptors (Lipinski definition) is 3. The molecule has 0 radical (unpaired) electrons. The molecule has 0 spiro atoms. The molecule has 1 fully saturated rings. The van der Waals surface area contributed by atoms with Crippen LogP contribution in [0.3, 0.4) is 0 Å². The van der Waals surface area contributed by atoms with Crippen LogP contribution in [-0.2, 0) is 0 Å². The van der Waals surface area contributed by atoms with Gasteiger partial charge in [0.05, 0.1) is 0 Å². The number of rotatable bonds is 13. The molecule has 0 aromatic heterocycles. The normalized spacial score (nSPS) is 17.2. The molecule has 150 valence electrons. The highest BCUT2D eigenvalue weighted by Crippen LogP contribution is 2.35. The van der Waals surface area contributed by atoms with Crippen molar-refractivity contribution in [3.8, 4) is 0 Å². The van der Waals surface area contributed by atoms with Crippen LogP contribution < -0.4 is 14.9 Å². The van der Waals surface area contributed by atoms with E-state index in [9.17, 15) is 0 Å². The predicted octanol–water partition coefficient (Wildman–Crippen LogP) is 5.59. The minimum Gasteiger partial charge on any atom is -0.310 e. The second kappa shape index (κ2) is 12.5. The van der Waals surface area contributed by atoms with E-state index in [0.29, 0.717) is 18.1 Å². The zero-order chi connectivity index (χ0) is 18.7. The van der Waals surface area contributed by atoms with Crippen molar-refractivity contribution in [1.29, 1.82) is 0 Å². The Kier molecular flexibility index (Phi) is 11.5. The minimum atomic E-state index is -1.96. The second-order valence-electron chi connectivity index (χ2n) is 8.12. The summed E-state index contributed by atoms with van der Waals surface area (Å²) in [4.78, 5) is 12.8. The van der Waals surface area contributed by atoms with Crippen molar-refractivity contribution in [3.05, 3.63) is 0 Å². The summed E-state index contributed by atoms with van der Waals surface area (Å²) in [6.07, 6.45) is 14.4. The summed E-state index contributed by atoms with van der Waals surface area (Å²) in [6, 6.07) is 1.91. The van der Waals surface area contributed by atoms with Crippen LogP contribution in [0, 0.1) is 0 Å². The lowest BCUT2D eigenvalue weighted by atomic mass is 10.0. The Labute approximate surface area is 159 Å². The van der Waals surface area contributed by atoms with E-state index in [1.54, 1.807) is 0 Å². The van der Waals surface area contributed by atoms with Crippen molar-refractivity contribution in [3.63, 3.8) is 0 Å². The molecule has 0 aromatic carbocycles. The van der Waals surface area contributed by atoms with Crippen LogP contribution >= 0.6 is 0 Å². The Balaban J connectivity index is 3.16. The van der Waals surface area contributed by atoms with Crippen LogP contribution in [0.15, 0.2) is 0 Å². The van der Waals surface area contributed by atoms with Crippen molar-refractivity contribution in [2.24, 2.45) is 0 Å². The Hall–Kier alpha value is 0.0969. The third kappa shape index (κ3) is 6.97. The smallest absolute Gasteiger partial charge is 0.285 e. The molecule has 1 saturated carbocycles. The van der Waals surface area contributed by atoms with E-state index in [1.165, 1.54) is 70.6 Å². The maximum absolute atomic E-state index is 4.25. The van der Waals surface area contributed by atoms with E-state index >= 15 is 0 Å². The maximum atomic E-state index is 4.25. The molecule has 25 heavy (non-hydrogen) atoms. The summed E-state index contributed by atoms with van der Waals surface area (Å²) in [5.74, 6) is 0. The number of hydrogen-bond donors (Lipinski definition) is 3. The minimum absolute atomic E-state index is 0.636. The van der Waals surface area contributed by atoms with Crippen LogP contribution in [0.4, 0.5) is 0 Å². The van der Waals surface area contributed by atoms with E-state index < -0.39 is 8.56 Å². The highest BCUT2D eigenvalue weighted by molar-refractivity contribution is 6.74. The van der Waals surface area contributed by atoms with Crippen LogP contribution in [0.5, 0.6) is 0 Å². The molecular weight excluding hydrogens is 322 g/mol.